The van der Waals surface area contributed by atoms with Crippen molar-refractivity contribution >= 4 is 0 Å². The minimum atomic E-state index is -0.149. The van der Waals surface area contributed by atoms with Gasteiger partial charge < -0.3 is 5.73 Å². The van der Waals surface area contributed by atoms with Gasteiger partial charge in [-0.2, -0.15) is 0 Å². The third-order valence-electron chi connectivity index (χ3n) is 3.74. The number of unbranched alkanes of at least 4 members (excludes halogenated alkanes) is 1. The van der Waals surface area contributed by atoms with E-state index in [-0.39, 0.29) is 11.9 Å². The van der Waals surface area contributed by atoms with E-state index >= 15 is 0 Å². The molecule has 0 heterocycles. The van der Waals surface area contributed by atoms with E-state index in [2.05, 4.69) is 13.8 Å². The lowest BCUT2D eigenvalue weighted by molar-refractivity contribution is 0.388. The molecule has 1 rings (SSSR count). The standard InChI is InChI=1S/C16H26FN/c1-4-6-7-13(5-2)11-16(18)14-8-9-15(17)12(3)10-14/h8-10,13,16H,4-7,11,18H2,1-3H3. The second-order valence-corrected chi connectivity index (χ2v) is 5.27. The van der Waals surface area contributed by atoms with E-state index in [9.17, 15) is 4.39 Å². The Morgan fingerprint density at radius 3 is 2.56 bits per heavy atom. The summed E-state index contributed by atoms with van der Waals surface area (Å²) in [6, 6.07) is 5.26. The molecule has 0 aliphatic rings. The smallest absolute Gasteiger partial charge is 0.126 e. The van der Waals surface area contributed by atoms with Crippen LogP contribution in [0, 0.1) is 18.7 Å². The van der Waals surface area contributed by atoms with E-state index in [0.29, 0.717) is 11.5 Å². The van der Waals surface area contributed by atoms with Gasteiger partial charge >= 0.3 is 0 Å². The third kappa shape index (κ3) is 4.41. The number of aryl methyl sites for hydroxylation is 1. The van der Waals surface area contributed by atoms with Crippen molar-refractivity contribution in [1.82, 2.24) is 0 Å². The molecule has 18 heavy (non-hydrogen) atoms. The van der Waals surface area contributed by atoms with Crippen molar-refractivity contribution in [1.29, 1.82) is 0 Å². The monoisotopic (exact) mass is 251 g/mol. The molecule has 0 saturated heterocycles. The first kappa shape index (κ1) is 15.2. The van der Waals surface area contributed by atoms with Crippen LogP contribution in [0.3, 0.4) is 0 Å². The van der Waals surface area contributed by atoms with Gasteiger partial charge in [0.25, 0.3) is 0 Å². The zero-order valence-electron chi connectivity index (χ0n) is 11.9. The zero-order chi connectivity index (χ0) is 13.5. The minimum Gasteiger partial charge on any atom is -0.324 e. The molecule has 1 aromatic carbocycles. The molecule has 0 aliphatic carbocycles. The van der Waals surface area contributed by atoms with Crippen LogP contribution in [-0.4, -0.2) is 0 Å². The van der Waals surface area contributed by atoms with Crippen LogP contribution in [-0.2, 0) is 0 Å². The Kier molecular flexibility index (Phi) is 6.34. The van der Waals surface area contributed by atoms with Crippen LogP contribution >= 0.6 is 0 Å². The molecule has 2 heteroatoms. The van der Waals surface area contributed by atoms with E-state index < -0.39 is 0 Å². The molecule has 0 fully saturated rings. The van der Waals surface area contributed by atoms with Gasteiger partial charge in [0.1, 0.15) is 5.82 Å². The fourth-order valence-electron chi connectivity index (χ4n) is 2.38. The van der Waals surface area contributed by atoms with Crippen LogP contribution in [0.4, 0.5) is 4.39 Å². The maximum atomic E-state index is 13.2. The normalized spacial score (nSPS) is 14.5. The van der Waals surface area contributed by atoms with Gasteiger partial charge in [-0.25, -0.2) is 4.39 Å². The second-order valence-electron chi connectivity index (χ2n) is 5.27. The Morgan fingerprint density at radius 1 is 1.28 bits per heavy atom. The Morgan fingerprint density at radius 2 is 2.00 bits per heavy atom. The lowest BCUT2D eigenvalue weighted by atomic mass is 9.89. The highest BCUT2D eigenvalue weighted by molar-refractivity contribution is 5.26. The summed E-state index contributed by atoms with van der Waals surface area (Å²) in [5, 5.41) is 0. The predicted molar refractivity (Wildman–Crippen MR) is 76.0 cm³/mol. The highest BCUT2D eigenvalue weighted by Crippen LogP contribution is 2.26. The molecular weight excluding hydrogens is 225 g/mol. The molecule has 2 atom stereocenters. The minimum absolute atomic E-state index is 0.0334. The summed E-state index contributed by atoms with van der Waals surface area (Å²) in [5.74, 6) is 0.536. The average Bonchev–Trinajstić information content (AvgIpc) is 2.37. The van der Waals surface area contributed by atoms with Crippen molar-refractivity contribution in [2.24, 2.45) is 11.7 Å². The Balaban J connectivity index is 2.62. The van der Waals surface area contributed by atoms with E-state index in [0.717, 1.165) is 12.0 Å². The first-order valence-electron chi connectivity index (χ1n) is 7.10. The van der Waals surface area contributed by atoms with Crippen molar-refractivity contribution in [2.75, 3.05) is 0 Å². The molecule has 0 bridgehead atoms. The van der Waals surface area contributed by atoms with E-state index in [1.165, 1.54) is 31.7 Å². The van der Waals surface area contributed by atoms with Crippen LogP contribution in [0.2, 0.25) is 0 Å². The molecule has 1 nitrogen and oxygen atoms in total. The summed E-state index contributed by atoms with van der Waals surface area (Å²) in [6.45, 7) is 6.23. The summed E-state index contributed by atoms with van der Waals surface area (Å²) >= 11 is 0. The van der Waals surface area contributed by atoms with Crippen molar-refractivity contribution in [3.8, 4) is 0 Å². The van der Waals surface area contributed by atoms with Crippen LogP contribution in [0.25, 0.3) is 0 Å². The number of halogens is 1. The summed E-state index contributed by atoms with van der Waals surface area (Å²) in [4.78, 5) is 0. The van der Waals surface area contributed by atoms with Crippen molar-refractivity contribution in [2.45, 2.75) is 58.9 Å². The summed E-state index contributed by atoms with van der Waals surface area (Å²) in [5.41, 5.74) is 7.98. The highest BCUT2D eigenvalue weighted by Gasteiger charge is 2.14. The van der Waals surface area contributed by atoms with Gasteiger partial charge in [0.05, 0.1) is 0 Å². The highest BCUT2D eigenvalue weighted by atomic mass is 19.1. The SMILES string of the molecule is CCCCC(CC)CC(N)c1ccc(F)c(C)c1. The first-order chi connectivity index (χ1) is 8.58. The number of hydrogen-bond donors (Lipinski definition) is 1. The lowest BCUT2D eigenvalue weighted by Crippen LogP contribution is -2.15. The molecule has 0 aromatic heterocycles. The van der Waals surface area contributed by atoms with Crippen molar-refractivity contribution < 1.29 is 4.39 Å². The number of rotatable bonds is 7. The molecular formula is C16H26FN. The Hall–Kier alpha value is -0.890. The molecule has 0 spiro atoms. The lowest BCUT2D eigenvalue weighted by Gasteiger charge is -2.20. The summed E-state index contributed by atoms with van der Waals surface area (Å²) < 4.78 is 13.2. The fraction of sp³-hybridized carbons (Fsp3) is 0.625. The number of benzene rings is 1. The Labute approximate surface area is 111 Å². The van der Waals surface area contributed by atoms with Gasteiger partial charge in [0.2, 0.25) is 0 Å². The zero-order valence-corrected chi connectivity index (χ0v) is 11.9. The summed E-state index contributed by atoms with van der Waals surface area (Å²) in [6.07, 6.45) is 5.94. The van der Waals surface area contributed by atoms with Gasteiger partial charge in [-0.1, -0.05) is 51.7 Å². The van der Waals surface area contributed by atoms with Gasteiger partial charge in [-0.05, 0) is 36.5 Å². The quantitative estimate of drug-likeness (QED) is 0.744. The number of nitrogens with two attached hydrogens (primary N) is 1. The largest absolute Gasteiger partial charge is 0.324 e. The van der Waals surface area contributed by atoms with Crippen LogP contribution < -0.4 is 5.73 Å². The van der Waals surface area contributed by atoms with Gasteiger partial charge in [-0.3, -0.25) is 0 Å². The second kappa shape index (κ2) is 7.52. The van der Waals surface area contributed by atoms with Gasteiger partial charge in [0, 0.05) is 6.04 Å². The van der Waals surface area contributed by atoms with Crippen molar-refractivity contribution in [3.05, 3.63) is 35.1 Å². The van der Waals surface area contributed by atoms with Gasteiger partial charge in [-0.15, -0.1) is 0 Å². The first-order valence-corrected chi connectivity index (χ1v) is 7.10. The van der Waals surface area contributed by atoms with E-state index in [1.807, 2.05) is 12.1 Å². The van der Waals surface area contributed by atoms with Gasteiger partial charge in [0.15, 0.2) is 0 Å². The fourth-order valence-corrected chi connectivity index (χ4v) is 2.38. The van der Waals surface area contributed by atoms with Crippen LogP contribution in [0.15, 0.2) is 18.2 Å². The van der Waals surface area contributed by atoms with Crippen LogP contribution in [0.1, 0.15) is 63.1 Å². The molecule has 1 aromatic rings. The molecule has 0 amide bonds. The maximum absolute atomic E-state index is 13.2. The predicted octanol–water partition coefficient (Wildman–Crippen LogP) is 4.74. The molecule has 0 radical (unpaired) electrons. The molecule has 2 unspecified atom stereocenters. The molecule has 0 saturated carbocycles. The molecule has 102 valence electrons. The molecule has 0 aliphatic heterocycles. The van der Waals surface area contributed by atoms with Crippen molar-refractivity contribution in [3.63, 3.8) is 0 Å². The number of hydrogen-bond acceptors (Lipinski definition) is 1. The Bertz CT molecular complexity index is 362. The van der Waals surface area contributed by atoms with Crippen LogP contribution in [0.5, 0.6) is 0 Å². The molecule has 2 N–H and O–H groups in total. The summed E-state index contributed by atoms with van der Waals surface area (Å²) in [7, 11) is 0. The van der Waals surface area contributed by atoms with E-state index in [4.69, 9.17) is 5.73 Å². The maximum Gasteiger partial charge on any atom is 0.126 e. The topological polar surface area (TPSA) is 26.0 Å². The average molecular weight is 251 g/mol. The third-order valence-corrected chi connectivity index (χ3v) is 3.74. The van der Waals surface area contributed by atoms with E-state index in [1.54, 1.807) is 6.92 Å².